The first kappa shape index (κ1) is 10.8. The average molecular weight is 349 g/mol. The summed E-state index contributed by atoms with van der Waals surface area (Å²) < 4.78 is 1.51. The van der Waals surface area contributed by atoms with E-state index in [1.165, 1.54) is 10.4 Å². The van der Waals surface area contributed by atoms with Gasteiger partial charge in [0.15, 0.2) is 0 Å². The molecule has 0 aromatic carbocycles. The van der Waals surface area contributed by atoms with Gasteiger partial charge in [-0.15, -0.1) is 0 Å². The van der Waals surface area contributed by atoms with E-state index in [0.29, 0.717) is 0 Å². The van der Waals surface area contributed by atoms with Crippen molar-refractivity contribution in [3.05, 3.63) is 0 Å². The molecule has 1 nitrogen and oxygen atoms in total. The van der Waals surface area contributed by atoms with E-state index in [-0.39, 0.29) is 0 Å². The van der Waals surface area contributed by atoms with Crippen molar-refractivity contribution in [2.75, 3.05) is 0 Å². The second-order valence-corrected chi connectivity index (χ2v) is 4.08. The van der Waals surface area contributed by atoms with Crippen molar-refractivity contribution in [3.8, 4) is 4.97 Å². The molecule has 0 N–H and O–H groups in total. The van der Waals surface area contributed by atoms with Crippen molar-refractivity contribution in [1.29, 1.82) is 5.26 Å². The summed E-state index contributed by atoms with van der Waals surface area (Å²) in [7, 11) is 0. The predicted octanol–water partition coefficient (Wildman–Crippen LogP) is 0.997. The molecule has 0 aliphatic rings. The predicted molar refractivity (Wildman–Crippen MR) is 26.5 cm³/mol. The van der Waals surface area contributed by atoms with Crippen LogP contribution in [0.3, 0.4) is 0 Å². The molecule has 0 fully saturated rings. The zero-order valence-corrected chi connectivity index (χ0v) is 11.7. The molecule has 0 spiro atoms. The molecule has 0 atom stereocenters. The summed E-state index contributed by atoms with van der Waals surface area (Å²) in [5.74, 6) is 0. The van der Waals surface area contributed by atoms with Crippen LogP contribution >= 0.6 is 0 Å². The molecule has 0 aromatic heterocycles. The second-order valence-electron chi connectivity index (χ2n) is 0.945. The zero-order chi connectivity index (χ0) is 6.12. The average Bonchev–Trinajstić information content (AvgIpc) is 1.69. The van der Waals surface area contributed by atoms with E-state index in [9.17, 15) is 0 Å². The third kappa shape index (κ3) is 44.9. The number of nitrogens with zero attached hydrogens (tertiary/aromatic N) is 1. The van der Waals surface area contributed by atoms with Crippen molar-refractivity contribution >= 4 is 16.0 Å². The molecule has 7 heavy (non-hydrogen) atoms. The maximum absolute atomic E-state index is 7.26. The number of hydrogen-bond donors (Lipinski definition) is 0. The summed E-state index contributed by atoms with van der Waals surface area (Å²) in [6, 6.07) is 0. The molecule has 0 rings (SSSR count). The first-order valence-corrected chi connectivity index (χ1v) is 6.88. The quantitative estimate of drug-likeness (QED) is 0.649. The van der Waals surface area contributed by atoms with Gasteiger partial charge < -0.3 is 0 Å². The van der Waals surface area contributed by atoms with E-state index >= 15 is 0 Å². The van der Waals surface area contributed by atoms with Crippen molar-refractivity contribution in [3.63, 3.8) is 0 Å². The van der Waals surface area contributed by atoms with Gasteiger partial charge in [-0.3, -0.25) is 0 Å². The Morgan fingerprint density at radius 2 is 2.00 bits per heavy atom. The van der Waals surface area contributed by atoms with E-state index in [1.54, 1.807) is 4.97 Å². The third-order valence-corrected chi connectivity index (χ3v) is 3.10. The molecule has 0 heterocycles. The minimum atomic E-state index is 1.07. The molecule has 0 amide bonds. The van der Waals surface area contributed by atoms with E-state index in [4.69, 9.17) is 5.26 Å². The molecule has 0 aliphatic heterocycles. The summed E-state index contributed by atoms with van der Waals surface area (Å²) in [6.07, 6.45) is 1.41. The maximum atomic E-state index is 7.26. The van der Waals surface area contributed by atoms with Crippen molar-refractivity contribution in [1.82, 2.24) is 0 Å². The molecule has 1 radical (unpaired) electrons. The monoisotopic (exact) mass is 351 g/mol. The number of rotatable bonds is 1. The SMILES string of the molecule is CC[CH2][Hg].N#C[Se]. The van der Waals surface area contributed by atoms with Crippen molar-refractivity contribution in [2.24, 2.45) is 0 Å². The van der Waals surface area contributed by atoms with Gasteiger partial charge in [0.1, 0.15) is 0 Å². The number of nitriles is 1. The Labute approximate surface area is 69.3 Å². The Balaban J connectivity index is 0. The van der Waals surface area contributed by atoms with Gasteiger partial charge in [0.2, 0.25) is 0 Å². The fourth-order valence-electron chi connectivity index (χ4n) is 0. The molecule has 0 saturated heterocycles. The molecule has 0 aromatic rings. The van der Waals surface area contributed by atoms with Gasteiger partial charge >= 0.3 is 69.6 Å². The summed E-state index contributed by atoms with van der Waals surface area (Å²) in [4.78, 5) is 1.62. The van der Waals surface area contributed by atoms with Gasteiger partial charge in [-0.05, 0) is 0 Å². The van der Waals surface area contributed by atoms with Crippen LogP contribution in [0.5, 0.6) is 0 Å². The first-order valence-electron chi connectivity index (χ1n) is 2.13. The molecule has 0 saturated carbocycles. The molecule has 3 heteroatoms. The second kappa shape index (κ2) is 15.8. The Morgan fingerprint density at radius 1 is 1.86 bits per heavy atom. The minimum absolute atomic E-state index is 1.07. The van der Waals surface area contributed by atoms with Gasteiger partial charge in [0.25, 0.3) is 0 Å². The first-order chi connectivity index (χ1) is 3.33. The fraction of sp³-hybridized carbons (Fsp3) is 0.750. The molecular formula is C4H7HgNSe. The zero-order valence-electron chi connectivity index (χ0n) is 4.48. The Bertz CT molecular complexity index is 48.1. The third-order valence-electron chi connectivity index (χ3n) is 0.354. The molecular weight excluding hydrogens is 342 g/mol. The summed E-state index contributed by atoms with van der Waals surface area (Å²) >= 11 is 3.18. The summed E-state index contributed by atoms with van der Waals surface area (Å²) in [5, 5.41) is 7.26. The van der Waals surface area contributed by atoms with Gasteiger partial charge in [-0.25, -0.2) is 0 Å². The Hall–Kier alpha value is 0.945. The van der Waals surface area contributed by atoms with Crippen molar-refractivity contribution in [2.45, 2.75) is 17.3 Å². The van der Waals surface area contributed by atoms with Crippen LogP contribution in [0.2, 0.25) is 3.93 Å². The normalized spacial score (nSPS) is 5.43. The van der Waals surface area contributed by atoms with E-state index in [0.717, 1.165) is 26.1 Å². The van der Waals surface area contributed by atoms with Crippen LogP contribution in [-0.4, -0.2) is 16.0 Å². The van der Waals surface area contributed by atoms with Gasteiger partial charge in [-0.2, -0.15) is 0 Å². The van der Waals surface area contributed by atoms with Crippen molar-refractivity contribution < 1.29 is 26.1 Å². The van der Waals surface area contributed by atoms with Crippen LogP contribution in [0.1, 0.15) is 13.3 Å². The molecule has 0 unspecified atom stereocenters. The van der Waals surface area contributed by atoms with Gasteiger partial charge in [0.05, 0.1) is 0 Å². The molecule has 36 valence electrons. The van der Waals surface area contributed by atoms with Gasteiger partial charge in [0, 0.05) is 0 Å². The molecule has 0 aliphatic carbocycles. The van der Waals surface area contributed by atoms with Crippen LogP contribution in [-0.2, 0) is 26.1 Å². The van der Waals surface area contributed by atoms with E-state index in [1.807, 2.05) is 0 Å². The summed E-state index contributed by atoms with van der Waals surface area (Å²) in [5.41, 5.74) is 0. The Morgan fingerprint density at radius 3 is 2.00 bits per heavy atom. The van der Waals surface area contributed by atoms with Crippen LogP contribution in [0.4, 0.5) is 0 Å². The number of hydrogen-bond acceptors (Lipinski definition) is 1. The Kier molecular flexibility index (Phi) is 24.4. The topological polar surface area (TPSA) is 23.8 Å². The van der Waals surface area contributed by atoms with Crippen LogP contribution in [0, 0.1) is 10.2 Å². The van der Waals surface area contributed by atoms with Crippen LogP contribution in [0.15, 0.2) is 0 Å². The van der Waals surface area contributed by atoms with Gasteiger partial charge in [-0.1, -0.05) is 0 Å². The fourth-order valence-corrected chi connectivity index (χ4v) is 0. The van der Waals surface area contributed by atoms with E-state index in [2.05, 4.69) is 22.9 Å². The molecule has 0 bridgehead atoms. The summed E-state index contributed by atoms with van der Waals surface area (Å²) in [6.45, 7) is 2.23. The van der Waals surface area contributed by atoms with Crippen LogP contribution in [0.25, 0.3) is 0 Å². The van der Waals surface area contributed by atoms with Crippen LogP contribution < -0.4 is 0 Å². The van der Waals surface area contributed by atoms with E-state index < -0.39 is 0 Å². The standard InChI is InChI=1S/C3H7.CNSe.Hg/c1-3-2;2-1-3;/h1,3H2,2H3;;.